The van der Waals surface area contributed by atoms with Crippen molar-refractivity contribution in [3.05, 3.63) is 71.1 Å². The van der Waals surface area contributed by atoms with Gasteiger partial charge >= 0.3 is 0 Å². The maximum Gasteiger partial charge on any atom is 0.251 e. The first-order valence-corrected chi connectivity index (χ1v) is 14.5. The Morgan fingerprint density at radius 1 is 1.16 bits per heavy atom. The van der Waals surface area contributed by atoms with E-state index in [-0.39, 0.29) is 41.8 Å². The first kappa shape index (κ1) is 28.2. The monoisotopic (exact) mass is 603 g/mol. The van der Waals surface area contributed by atoms with Crippen molar-refractivity contribution >= 4 is 22.7 Å². The number of nitrogens with zero attached hydrogens (tertiary/aromatic N) is 3. The van der Waals surface area contributed by atoms with Crippen molar-refractivity contribution in [2.75, 3.05) is 20.3 Å². The summed E-state index contributed by atoms with van der Waals surface area (Å²) in [4.78, 5) is 30.7. The number of carbonyl (C=O) groups excluding carboxylic acids is 2. The highest BCUT2D eigenvalue weighted by atomic mass is 19.1. The van der Waals surface area contributed by atoms with Gasteiger partial charge in [0.05, 0.1) is 25.4 Å². The van der Waals surface area contributed by atoms with Crippen LogP contribution in [0.3, 0.4) is 0 Å². The van der Waals surface area contributed by atoms with Crippen LogP contribution < -0.4 is 20.5 Å². The van der Waals surface area contributed by atoms with E-state index in [0.717, 1.165) is 36.4 Å². The Balaban J connectivity index is 1.26. The zero-order chi connectivity index (χ0) is 31.0. The second-order valence-electron chi connectivity index (χ2n) is 12.2. The Hall–Kier alpha value is -4.58. The van der Waals surface area contributed by atoms with Crippen molar-refractivity contribution in [2.45, 2.75) is 49.7 Å². The van der Waals surface area contributed by atoms with Crippen molar-refractivity contribution in [3.8, 4) is 22.8 Å². The molecule has 1 aliphatic heterocycles. The Bertz CT molecular complexity index is 1830. The Labute approximate surface area is 251 Å². The average Bonchev–Trinajstić information content (AvgIpc) is 3.94. The summed E-state index contributed by atoms with van der Waals surface area (Å²) in [5.41, 5.74) is 4.43. The second-order valence-corrected chi connectivity index (χ2v) is 12.2. The first-order chi connectivity index (χ1) is 21.0. The van der Waals surface area contributed by atoms with Gasteiger partial charge < -0.3 is 25.6 Å². The number of benzene rings is 2. The lowest BCUT2D eigenvalue weighted by Gasteiger charge is -2.30. The summed E-state index contributed by atoms with van der Waals surface area (Å²) in [7, 11) is 1.52. The molecule has 10 nitrogen and oxygen atoms in total. The molecule has 2 aromatic heterocycles. The summed E-state index contributed by atoms with van der Waals surface area (Å²) in [5.74, 6) is -2.39. The zero-order valence-electron chi connectivity index (χ0n) is 24.2. The van der Waals surface area contributed by atoms with Gasteiger partial charge in [-0.05, 0) is 68.9 Å². The summed E-state index contributed by atoms with van der Waals surface area (Å²) in [5, 5.41) is 20.4. The number of ether oxygens (including phenoxy) is 2. The fourth-order valence-corrected chi connectivity index (χ4v) is 5.95. The highest BCUT2D eigenvalue weighted by molar-refractivity contribution is 6.00. The van der Waals surface area contributed by atoms with Crippen LogP contribution in [0.15, 0.2) is 42.6 Å². The van der Waals surface area contributed by atoms with Crippen LogP contribution in [0.5, 0.6) is 11.5 Å². The molecular formula is C32H31F2N5O5. The van der Waals surface area contributed by atoms with Crippen molar-refractivity contribution in [1.82, 2.24) is 20.1 Å². The number of nitrogens with one attached hydrogen (secondary N) is 1. The normalized spacial score (nSPS) is 20.6. The molecule has 2 saturated carbocycles. The Morgan fingerprint density at radius 2 is 1.89 bits per heavy atom. The van der Waals surface area contributed by atoms with Crippen LogP contribution in [0.25, 0.3) is 22.2 Å². The molecule has 0 saturated heterocycles. The van der Waals surface area contributed by atoms with Crippen LogP contribution in [-0.4, -0.2) is 51.9 Å². The number of aliphatic hydroxyl groups is 1. The third-order valence-corrected chi connectivity index (χ3v) is 8.96. The van der Waals surface area contributed by atoms with Crippen molar-refractivity contribution in [3.63, 3.8) is 0 Å². The molecule has 2 fully saturated rings. The van der Waals surface area contributed by atoms with Gasteiger partial charge in [-0.1, -0.05) is 0 Å². The fraction of sp³-hybridized carbons (Fsp3) is 0.375. The lowest BCUT2D eigenvalue weighted by molar-refractivity contribution is -0.123. The predicted octanol–water partition coefficient (Wildman–Crippen LogP) is 3.88. The number of aromatic nitrogens is 3. The number of amides is 2. The lowest BCUT2D eigenvalue weighted by Crippen LogP contribution is -2.44. The number of primary amides is 1. The highest BCUT2D eigenvalue weighted by Gasteiger charge is 2.50. The van der Waals surface area contributed by atoms with E-state index in [0.29, 0.717) is 41.3 Å². The predicted molar refractivity (Wildman–Crippen MR) is 155 cm³/mol. The summed E-state index contributed by atoms with van der Waals surface area (Å²) in [6.45, 7) is 1.29. The molecule has 3 heterocycles. The number of methoxy groups -OCH3 is 1. The van der Waals surface area contributed by atoms with Crippen molar-refractivity contribution in [1.29, 1.82) is 0 Å². The minimum absolute atomic E-state index is 0.0640. The number of fused-ring (bicyclic) bond motifs is 2. The number of hydrogen-bond acceptors (Lipinski definition) is 7. The number of halogens is 2. The van der Waals surface area contributed by atoms with E-state index in [1.807, 2.05) is 10.9 Å². The molecule has 2 amide bonds. The Kier molecular flexibility index (Phi) is 6.40. The number of rotatable bonds is 9. The first-order valence-electron chi connectivity index (χ1n) is 14.5. The van der Waals surface area contributed by atoms with Crippen LogP contribution >= 0.6 is 0 Å². The third kappa shape index (κ3) is 4.64. The third-order valence-electron chi connectivity index (χ3n) is 8.96. The van der Waals surface area contributed by atoms with E-state index in [9.17, 15) is 23.5 Å². The van der Waals surface area contributed by atoms with Crippen LogP contribution in [0, 0.1) is 17.6 Å². The van der Waals surface area contributed by atoms with E-state index < -0.39 is 34.5 Å². The lowest BCUT2D eigenvalue weighted by atomic mass is 9.81. The molecule has 2 aliphatic carbocycles. The highest BCUT2D eigenvalue weighted by Crippen LogP contribution is 2.50. The molecule has 12 heteroatoms. The van der Waals surface area contributed by atoms with Crippen molar-refractivity contribution < 1.29 is 33.0 Å². The van der Waals surface area contributed by atoms with Gasteiger partial charge in [0.25, 0.3) is 5.91 Å². The van der Waals surface area contributed by atoms with E-state index in [1.165, 1.54) is 7.11 Å². The van der Waals surface area contributed by atoms with Gasteiger partial charge in [-0.15, -0.1) is 0 Å². The molecule has 228 valence electrons. The fourth-order valence-electron chi connectivity index (χ4n) is 5.95. The van der Waals surface area contributed by atoms with E-state index in [4.69, 9.17) is 15.2 Å². The summed E-state index contributed by atoms with van der Waals surface area (Å²) in [6.07, 6.45) is 5.34. The maximum absolute atomic E-state index is 14.3. The molecule has 7 rings (SSSR count). The topological polar surface area (TPSA) is 142 Å². The van der Waals surface area contributed by atoms with Gasteiger partial charge in [-0.3, -0.25) is 14.3 Å². The molecule has 0 unspecified atom stereocenters. The van der Waals surface area contributed by atoms with Crippen molar-refractivity contribution in [2.24, 2.45) is 11.7 Å². The van der Waals surface area contributed by atoms with E-state index in [1.54, 1.807) is 25.1 Å². The van der Waals surface area contributed by atoms with Gasteiger partial charge in [0, 0.05) is 34.3 Å². The molecular weight excluding hydrogens is 572 g/mol. The molecule has 4 N–H and O–H groups in total. The average molecular weight is 604 g/mol. The maximum atomic E-state index is 14.3. The number of hydrogen-bond donors (Lipinski definition) is 3. The standard InChI is InChI=1S/C32H31F2N5O5/c1-31(30(35)41)15-44-28-23(31)12-25(37-27(28)16-8-20(33)11-21(34)9-16)32(42,19-3-4-19)14-36-29(40)17-7-18-13-39(22-5-6-22)38-26(18)24(10-17)43-2/h7-13,19,22,42H,3-6,14-15H2,1-2H3,(H2,35,41)(H,36,40)/t31-,32+/m0/s1. The molecule has 2 atom stereocenters. The molecule has 4 aromatic rings. The van der Waals surface area contributed by atoms with Gasteiger partial charge in [-0.2, -0.15) is 5.10 Å². The summed E-state index contributed by atoms with van der Waals surface area (Å²) < 4.78 is 41.8. The SMILES string of the molecule is COc1cc(C(=O)NC[C@](O)(c2cc3c(c(-c4cc(F)cc(F)c4)n2)OC[C@]3(C)C(N)=O)C2CC2)cc2cn(C3CC3)nc12. The number of nitrogens with two attached hydrogens (primary N) is 1. The molecule has 3 aliphatic rings. The molecule has 2 aromatic carbocycles. The largest absolute Gasteiger partial charge is 0.494 e. The van der Waals surface area contributed by atoms with E-state index >= 15 is 0 Å². The minimum Gasteiger partial charge on any atom is -0.494 e. The Morgan fingerprint density at radius 3 is 2.52 bits per heavy atom. The van der Waals surface area contributed by atoms with Gasteiger partial charge in [-0.25, -0.2) is 13.8 Å². The minimum atomic E-state index is -1.67. The summed E-state index contributed by atoms with van der Waals surface area (Å²) in [6, 6.07) is 8.19. The van der Waals surface area contributed by atoms with Gasteiger partial charge in [0.2, 0.25) is 5.91 Å². The quantitative estimate of drug-likeness (QED) is 0.264. The van der Waals surface area contributed by atoms with E-state index in [2.05, 4.69) is 15.4 Å². The van der Waals surface area contributed by atoms with Crippen LogP contribution in [-0.2, 0) is 15.8 Å². The van der Waals surface area contributed by atoms with Crippen LogP contribution in [0.1, 0.15) is 60.3 Å². The van der Waals surface area contributed by atoms with Crippen LogP contribution in [0.4, 0.5) is 8.78 Å². The molecule has 44 heavy (non-hydrogen) atoms. The van der Waals surface area contributed by atoms with Gasteiger partial charge in [0.15, 0.2) is 0 Å². The van der Waals surface area contributed by atoms with Gasteiger partial charge in [0.1, 0.15) is 52.0 Å². The number of carbonyl (C=O) groups is 2. The second kappa shape index (κ2) is 9.98. The molecule has 0 radical (unpaired) electrons. The smallest absolute Gasteiger partial charge is 0.251 e. The molecule has 0 spiro atoms. The summed E-state index contributed by atoms with van der Waals surface area (Å²) >= 11 is 0. The van der Waals surface area contributed by atoms with Crippen LogP contribution in [0.2, 0.25) is 0 Å². The zero-order valence-corrected chi connectivity index (χ0v) is 24.2. The number of pyridine rings is 1. The molecule has 0 bridgehead atoms.